The number of thioether (sulfide) groups is 1. The molecule has 0 saturated heterocycles. The van der Waals surface area contributed by atoms with Gasteiger partial charge < -0.3 is 15.5 Å². The van der Waals surface area contributed by atoms with Gasteiger partial charge in [-0.15, -0.1) is 21.5 Å². The lowest BCUT2D eigenvalue weighted by Gasteiger charge is -2.06. The van der Waals surface area contributed by atoms with Gasteiger partial charge in [-0.3, -0.25) is 4.79 Å². The van der Waals surface area contributed by atoms with E-state index in [0.29, 0.717) is 22.7 Å². The largest absolute Gasteiger partial charge is 0.416 e. The molecule has 3 N–H and O–H groups in total. The fourth-order valence-corrected chi connectivity index (χ4v) is 3.21. The molecular formula is C16H17N5O2S2. The number of amides is 1. The van der Waals surface area contributed by atoms with Crippen LogP contribution in [0, 0.1) is 13.8 Å². The van der Waals surface area contributed by atoms with Crippen LogP contribution in [0.25, 0.3) is 0 Å². The van der Waals surface area contributed by atoms with Gasteiger partial charge in [-0.1, -0.05) is 17.8 Å². The van der Waals surface area contributed by atoms with Crippen molar-refractivity contribution in [1.82, 2.24) is 15.2 Å². The van der Waals surface area contributed by atoms with Crippen LogP contribution in [0.5, 0.6) is 0 Å². The summed E-state index contributed by atoms with van der Waals surface area (Å²) in [6.07, 6.45) is 0.427. The summed E-state index contributed by atoms with van der Waals surface area (Å²) in [5, 5.41) is 13.5. The maximum Gasteiger partial charge on any atom is 0.277 e. The van der Waals surface area contributed by atoms with Crippen LogP contribution in [-0.4, -0.2) is 26.8 Å². The molecule has 9 heteroatoms. The fourth-order valence-electron chi connectivity index (χ4n) is 2.07. The first-order valence-corrected chi connectivity index (χ1v) is 9.38. The molecule has 7 nitrogen and oxygen atoms in total. The summed E-state index contributed by atoms with van der Waals surface area (Å²) < 4.78 is 5.52. The normalized spacial score (nSPS) is 10.8. The van der Waals surface area contributed by atoms with Crippen molar-refractivity contribution in [2.75, 3.05) is 16.8 Å². The van der Waals surface area contributed by atoms with Crippen molar-refractivity contribution in [3.63, 3.8) is 0 Å². The van der Waals surface area contributed by atoms with E-state index in [0.717, 1.165) is 16.9 Å². The van der Waals surface area contributed by atoms with E-state index in [2.05, 4.69) is 20.5 Å². The minimum atomic E-state index is -0.125. The Morgan fingerprint density at radius 3 is 2.88 bits per heavy atom. The number of carbonyl (C=O) groups is 1. The Balaban J connectivity index is 1.51. The first kappa shape index (κ1) is 17.4. The number of anilines is 2. The molecule has 1 amide bonds. The highest BCUT2D eigenvalue weighted by Crippen LogP contribution is 2.20. The molecule has 0 aliphatic heterocycles. The summed E-state index contributed by atoms with van der Waals surface area (Å²) >= 11 is 2.56. The second-order valence-electron chi connectivity index (χ2n) is 5.45. The number of hydrogen-bond donors (Lipinski definition) is 2. The molecule has 0 atom stereocenters. The lowest BCUT2D eigenvalue weighted by atomic mass is 10.1. The smallest absolute Gasteiger partial charge is 0.277 e. The number of nitrogens with zero attached hydrogens (tertiary/aromatic N) is 3. The van der Waals surface area contributed by atoms with Crippen molar-refractivity contribution in [2.45, 2.75) is 25.5 Å². The number of rotatable bonds is 6. The van der Waals surface area contributed by atoms with Gasteiger partial charge in [-0.25, -0.2) is 4.98 Å². The molecule has 3 rings (SSSR count). The topological polar surface area (TPSA) is 107 Å². The van der Waals surface area contributed by atoms with Crippen molar-refractivity contribution in [3.8, 4) is 0 Å². The summed E-state index contributed by atoms with van der Waals surface area (Å²) in [4.78, 5) is 16.2. The quantitative estimate of drug-likeness (QED) is 0.638. The van der Waals surface area contributed by atoms with Gasteiger partial charge >= 0.3 is 0 Å². The number of nitrogen functional groups attached to an aromatic ring is 1. The van der Waals surface area contributed by atoms with Crippen LogP contribution in [0.1, 0.15) is 22.7 Å². The monoisotopic (exact) mass is 375 g/mol. The standard InChI is InChI=1S/C16H17N5O2S2/c1-9-3-4-11(5-10(9)2)18-13(22)8-25-16-21-20-14(23-16)6-12-7-24-15(17)19-12/h3-5,7H,6,8H2,1-2H3,(H2,17,19)(H,18,22). The lowest BCUT2D eigenvalue weighted by molar-refractivity contribution is -0.113. The maximum atomic E-state index is 12.0. The van der Waals surface area contributed by atoms with Crippen molar-refractivity contribution in [1.29, 1.82) is 0 Å². The molecule has 0 unspecified atom stereocenters. The molecule has 0 saturated carbocycles. The first-order valence-electron chi connectivity index (χ1n) is 7.52. The Labute approximate surface area is 153 Å². The minimum Gasteiger partial charge on any atom is -0.416 e. The molecule has 25 heavy (non-hydrogen) atoms. The summed E-state index contributed by atoms with van der Waals surface area (Å²) in [7, 11) is 0. The number of hydrogen-bond acceptors (Lipinski definition) is 8. The van der Waals surface area contributed by atoms with Gasteiger partial charge in [0.25, 0.3) is 5.22 Å². The Hall–Kier alpha value is -2.39. The number of carbonyl (C=O) groups excluding carboxylic acids is 1. The number of benzene rings is 1. The van der Waals surface area contributed by atoms with Crippen LogP contribution in [0.3, 0.4) is 0 Å². The Bertz CT molecular complexity index is 890. The average molecular weight is 375 g/mol. The zero-order valence-corrected chi connectivity index (χ0v) is 15.4. The van der Waals surface area contributed by atoms with Gasteiger partial charge in [0.05, 0.1) is 17.9 Å². The molecule has 0 spiro atoms. The Morgan fingerprint density at radius 1 is 1.32 bits per heavy atom. The third-order valence-electron chi connectivity index (χ3n) is 3.47. The van der Waals surface area contributed by atoms with E-state index in [-0.39, 0.29) is 11.7 Å². The fraction of sp³-hybridized carbons (Fsp3) is 0.250. The molecule has 130 valence electrons. The predicted molar refractivity (Wildman–Crippen MR) is 98.9 cm³/mol. The molecule has 0 aliphatic rings. The zero-order valence-electron chi connectivity index (χ0n) is 13.8. The van der Waals surface area contributed by atoms with E-state index in [1.165, 1.54) is 28.7 Å². The van der Waals surface area contributed by atoms with Gasteiger partial charge in [0, 0.05) is 11.1 Å². The lowest BCUT2D eigenvalue weighted by Crippen LogP contribution is -2.14. The van der Waals surface area contributed by atoms with E-state index in [1.807, 2.05) is 37.4 Å². The van der Waals surface area contributed by atoms with Gasteiger partial charge in [0.2, 0.25) is 11.8 Å². The van der Waals surface area contributed by atoms with Crippen LogP contribution in [0.15, 0.2) is 33.2 Å². The third-order valence-corrected chi connectivity index (χ3v) is 5.01. The molecule has 2 aromatic heterocycles. The predicted octanol–water partition coefficient (Wildman–Crippen LogP) is 3.05. The van der Waals surface area contributed by atoms with E-state index in [1.54, 1.807) is 0 Å². The van der Waals surface area contributed by atoms with Crippen molar-refractivity contribution < 1.29 is 9.21 Å². The molecule has 1 aromatic carbocycles. The van der Waals surface area contributed by atoms with E-state index >= 15 is 0 Å². The van der Waals surface area contributed by atoms with Gasteiger partial charge in [-0.2, -0.15) is 0 Å². The van der Waals surface area contributed by atoms with Crippen molar-refractivity contribution >= 4 is 39.8 Å². The molecule has 0 fully saturated rings. The molecule has 3 aromatic rings. The highest BCUT2D eigenvalue weighted by Gasteiger charge is 2.12. The Morgan fingerprint density at radius 2 is 2.16 bits per heavy atom. The second-order valence-corrected chi connectivity index (χ2v) is 7.27. The van der Waals surface area contributed by atoms with Gasteiger partial charge in [-0.05, 0) is 37.1 Å². The van der Waals surface area contributed by atoms with Gasteiger partial charge in [0.15, 0.2) is 5.13 Å². The molecule has 0 aliphatic carbocycles. The summed E-state index contributed by atoms with van der Waals surface area (Å²) in [5.41, 5.74) is 9.48. The maximum absolute atomic E-state index is 12.0. The Kier molecular flexibility index (Phi) is 5.34. The number of nitrogens with one attached hydrogen (secondary N) is 1. The summed E-state index contributed by atoms with van der Waals surface area (Å²) in [6, 6.07) is 5.81. The van der Waals surface area contributed by atoms with Crippen LogP contribution >= 0.6 is 23.1 Å². The van der Waals surface area contributed by atoms with Crippen LogP contribution in [0.2, 0.25) is 0 Å². The molecular weight excluding hydrogens is 358 g/mol. The van der Waals surface area contributed by atoms with E-state index < -0.39 is 0 Å². The number of aryl methyl sites for hydroxylation is 2. The van der Waals surface area contributed by atoms with E-state index in [9.17, 15) is 4.79 Å². The third kappa shape index (κ3) is 4.80. The van der Waals surface area contributed by atoms with Crippen molar-refractivity contribution in [3.05, 3.63) is 46.3 Å². The number of nitrogens with two attached hydrogens (primary N) is 1. The average Bonchev–Trinajstić information content (AvgIpc) is 3.18. The zero-order chi connectivity index (χ0) is 17.8. The highest BCUT2D eigenvalue weighted by atomic mass is 32.2. The second kappa shape index (κ2) is 7.66. The van der Waals surface area contributed by atoms with E-state index in [4.69, 9.17) is 10.2 Å². The number of aromatic nitrogens is 3. The molecule has 0 radical (unpaired) electrons. The number of thiazole rings is 1. The SMILES string of the molecule is Cc1ccc(NC(=O)CSc2nnc(Cc3csc(N)n3)o2)cc1C. The van der Waals surface area contributed by atoms with Crippen LogP contribution in [-0.2, 0) is 11.2 Å². The molecule has 0 bridgehead atoms. The van der Waals surface area contributed by atoms with Crippen molar-refractivity contribution in [2.24, 2.45) is 0 Å². The summed E-state index contributed by atoms with van der Waals surface area (Å²) in [5.74, 6) is 0.515. The van der Waals surface area contributed by atoms with Crippen LogP contribution < -0.4 is 11.1 Å². The van der Waals surface area contributed by atoms with Crippen LogP contribution in [0.4, 0.5) is 10.8 Å². The highest BCUT2D eigenvalue weighted by molar-refractivity contribution is 7.99. The first-order chi connectivity index (χ1) is 12.0. The minimum absolute atomic E-state index is 0.125. The van der Waals surface area contributed by atoms with Gasteiger partial charge in [0.1, 0.15) is 0 Å². The summed E-state index contributed by atoms with van der Waals surface area (Å²) in [6.45, 7) is 4.04. The molecule has 2 heterocycles.